The van der Waals surface area contributed by atoms with E-state index in [9.17, 15) is 0 Å². The van der Waals surface area contributed by atoms with Crippen LogP contribution in [0.4, 0.5) is 0 Å². The van der Waals surface area contributed by atoms with Gasteiger partial charge in [-0.25, -0.2) is 0 Å². The number of nitriles is 1. The number of hydrogen-bond donors (Lipinski definition) is 2. The second-order valence-corrected chi connectivity index (χ2v) is 4.64. The van der Waals surface area contributed by atoms with Gasteiger partial charge >= 0.3 is 0 Å². The largest absolute Gasteiger partial charge is 0.490 e. The molecule has 7 nitrogen and oxygen atoms in total. The Bertz CT molecular complexity index is 562. The molecule has 0 radical (unpaired) electrons. The van der Waals surface area contributed by atoms with Crippen LogP contribution in [0.15, 0.2) is 22.3 Å². The number of hydrogen-bond acceptors (Lipinski definition) is 5. The van der Waals surface area contributed by atoms with Crippen molar-refractivity contribution in [3.8, 4) is 17.6 Å². The second kappa shape index (κ2) is 8.21. The summed E-state index contributed by atoms with van der Waals surface area (Å²) in [6.07, 6.45) is 1.50. The topological polar surface area (TPSA) is 119 Å². The van der Waals surface area contributed by atoms with E-state index in [1.54, 1.807) is 6.07 Å². The highest BCUT2D eigenvalue weighted by molar-refractivity contribution is 14.1. The minimum absolute atomic E-state index is 0.0441. The summed E-state index contributed by atoms with van der Waals surface area (Å²) in [6.45, 7) is 2.30. The molecule has 0 unspecified atom stereocenters. The number of halogens is 1. The molecule has 0 aliphatic rings. The van der Waals surface area contributed by atoms with Crippen LogP contribution >= 0.6 is 22.6 Å². The summed E-state index contributed by atoms with van der Waals surface area (Å²) in [4.78, 5) is 0. The first kappa shape index (κ1) is 16.0. The summed E-state index contributed by atoms with van der Waals surface area (Å²) >= 11 is 2.09. The van der Waals surface area contributed by atoms with Crippen LogP contribution in [0, 0.1) is 14.9 Å². The normalized spacial score (nSPS) is 10.1. The van der Waals surface area contributed by atoms with E-state index in [0.717, 1.165) is 9.13 Å². The quantitative estimate of drug-likeness (QED) is 0.329. The Morgan fingerprint density at radius 2 is 2.20 bits per heavy atom. The molecule has 0 heterocycles. The maximum Gasteiger partial charge on any atom is 0.211 e. The molecule has 0 bridgehead atoms. The summed E-state index contributed by atoms with van der Waals surface area (Å²) in [5, 5.41) is 15.8. The van der Waals surface area contributed by atoms with Gasteiger partial charge in [0.2, 0.25) is 5.96 Å². The average molecular weight is 387 g/mol. The van der Waals surface area contributed by atoms with E-state index in [1.165, 1.54) is 6.21 Å². The Balaban J connectivity index is 3.09. The van der Waals surface area contributed by atoms with Gasteiger partial charge in [-0.15, -0.1) is 5.10 Å². The number of benzene rings is 1. The van der Waals surface area contributed by atoms with Crippen molar-refractivity contribution in [2.24, 2.45) is 21.7 Å². The van der Waals surface area contributed by atoms with Crippen LogP contribution < -0.4 is 20.9 Å². The molecular weight excluding hydrogens is 373 g/mol. The Morgan fingerprint density at radius 3 is 2.80 bits per heavy atom. The van der Waals surface area contributed by atoms with Gasteiger partial charge in [-0.1, -0.05) is 0 Å². The highest BCUT2D eigenvalue weighted by Crippen LogP contribution is 2.33. The molecule has 4 N–H and O–H groups in total. The fraction of sp³-hybridized carbons (Fsp3) is 0.250. The molecule has 0 saturated heterocycles. The zero-order valence-corrected chi connectivity index (χ0v) is 13.0. The molecule has 1 rings (SSSR count). The van der Waals surface area contributed by atoms with Crippen LogP contribution in [-0.4, -0.2) is 25.4 Å². The zero-order valence-electron chi connectivity index (χ0n) is 10.8. The lowest BCUT2D eigenvalue weighted by Crippen LogP contribution is -2.21. The molecule has 20 heavy (non-hydrogen) atoms. The van der Waals surface area contributed by atoms with Crippen LogP contribution in [0.1, 0.15) is 12.5 Å². The van der Waals surface area contributed by atoms with Crippen LogP contribution in [0.25, 0.3) is 0 Å². The predicted molar refractivity (Wildman–Crippen MR) is 84.8 cm³/mol. The first-order chi connectivity index (χ1) is 9.58. The number of rotatable bonds is 6. The Kier molecular flexibility index (Phi) is 6.58. The molecule has 0 aromatic heterocycles. The summed E-state index contributed by atoms with van der Waals surface area (Å²) in [6, 6.07) is 5.48. The van der Waals surface area contributed by atoms with Gasteiger partial charge in [0.15, 0.2) is 18.1 Å². The SMILES string of the molecule is CCOc1cc(C=NN=C(N)N)cc(I)c1OCC#N. The van der Waals surface area contributed by atoms with Crippen LogP contribution in [-0.2, 0) is 0 Å². The highest BCUT2D eigenvalue weighted by Gasteiger charge is 2.11. The number of nitrogens with zero attached hydrogens (tertiary/aromatic N) is 3. The second-order valence-electron chi connectivity index (χ2n) is 3.48. The van der Waals surface area contributed by atoms with E-state index in [2.05, 4.69) is 32.8 Å². The zero-order chi connectivity index (χ0) is 15.0. The van der Waals surface area contributed by atoms with Crippen molar-refractivity contribution >= 4 is 34.8 Å². The summed E-state index contributed by atoms with van der Waals surface area (Å²) in [7, 11) is 0. The molecule has 0 spiro atoms. The van der Waals surface area contributed by atoms with E-state index in [4.69, 9.17) is 26.2 Å². The molecule has 0 saturated carbocycles. The smallest absolute Gasteiger partial charge is 0.211 e. The standard InChI is InChI=1S/C12H14IN5O2/c1-2-19-10-6-8(7-17-18-12(15)16)5-9(13)11(10)20-4-3-14/h5-7H,2,4H2,1H3,(H4,15,16,18). The monoisotopic (exact) mass is 387 g/mol. The molecule has 0 atom stereocenters. The first-order valence-electron chi connectivity index (χ1n) is 5.66. The van der Waals surface area contributed by atoms with E-state index in [1.807, 2.05) is 19.1 Å². The Hall–Kier alpha value is -2.02. The van der Waals surface area contributed by atoms with E-state index in [-0.39, 0.29) is 12.6 Å². The molecular formula is C12H14IN5O2. The van der Waals surface area contributed by atoms with Gasteiger partial charge in [0.1, 0.15) is 6.07 Å². The minimum atomic E-state index is -0.116. The van der Waals surface area contributed by atoms with Gasteiger partial charge in [0.25, 0.3) is 0 Å². The summed E-state index contributed by atoms with van der Waals surface area (Å²) in [5.74, 6) is 0.962. The molecule has 0 amide bonds. The lowest BCUT2D eigenvalue weighted by atomic mass is 10.2. The fourth-order valence-corrected chi connectivity index (χ4v) is 2.11. The van der Waals surface area contributed by atoms with Crippen LogP contribution in [0.3, 0.4) is 0 Å². The molecule has 106 valence electrons. The molecule has 1 aromatic rings. The van der Waals surface area contributed by atoms with Crippen LogP contribution in [0.2, 0.25) is 0 Å². The van der Waals surface area contributed by atoms with Gasteiger partial charge in [-0.3, -0.25) is 0 Å². The molecule has 8 heteroatoms. The molecule has 0 aliphatic carbocycles. The van der Waals surface area contributed by atoms with Gasteiger partial charge in [-0.05, 0) is 47.2 Å². The van der Waals surface area contributed by atoms with Crippen LogP contribution in [0.5, 0.6) is 11.5 Å². The predicted octanol–water partition coefficient (Wildman–Crippen LogP) is 1.20. The summed E-state index contributed by atoms with van der Waals surface area (Å²) < 4.78 is 11.7. The highest BCUT2D eigenvalue weighted by atomic mass is 127. The lowest BCUT2D eigenvalue weighted by Gasteiger charge is -2.12. The molecule has 1 aromatic carbocycles. The van der Waals surface area contributed by atoms with Crippen molar-refractivity contribution in [3.05, 3.63) is 21.3 Å². The number of nitrogens with two attached hydrogens (primary N) is 2. The van der Waals surface area contributed by atoms with Crippen molar-refractivity contribution in [1.82, 2.24) is 0 Å². The van der Waals surface area contributed by atoms with E-state index >= 15 is 0 Å². The van der Waals surface area contributed by atoms with Crippen molar-refractivity contribution in [2.75, 3.05) is 13.2 Å². The third kappa shape index (κ3) is 4.93. The lowest BCUT2D eigenvalue weighted by molar-refractivity contribution is 0.297. The maximum atomic E-state index is 8.58. The Labute approximate surface area is 130 Å². The summed E-state index contributed by atoms with van der Waals surface area (Å²) in [5.41, 5.74) is 11.1. The van der Waals surface area contributed by atoms with Crippen molar-refractivity contribution < 1.29 is 9.47 Å². The third-order valence-corrected chi connectivity index (χ3v) is 2.79. The number of ether oxygens (including phenoxy) is 2. The first-order valence-corrected chi connectivity index (χ1v) is 6.74. The van der Waals surface area contributed by atoms with Gasteiger partial charge in [-0.2, -0.15) is 10.4 Å². The van der Waals surface area contributed by atoms with Gasteiger partial charge in [0.05, 0.1) is 16.4 Å². The molecule has 0 fully saturated rings. The molecule has 0 aliphatic heterocycles. The van der Waals surface area contributed by atoms with Crippen molar-refractivity contribution in [1.29, 1.82) is 5.26 Å². The van der Waals surface area contributed by atoms with Crippen molar-refractivity contribution in [2.45, 2.75) is 6.92 Å². The van der Waals surface area contributed by atoms with Gasteiger partial charge in [0, 0.05) is 0 Å². The third-order valence-electron chi connectivity index (χ3n) is 1.99. The maximum absolute atomic E-state index is 8.58. The van der Waals surface area contributed by atoms with Gasteiger partial charge < -0.3 is 20.9 Å². The minimum Gasteiger partial charge on any atom is -0.490 e. The average Bonchev–Trinajstić information content (AvgIpc) is 2.38. The van der Waals surface area contributed by atoms with E-state index in [0.29, 0.717) is 18.1 Å². The Morgan fingerprint density at radius 1 is 1.45 bits per heavy atom. The van der Waals surface area contributed by atoms with E-state index < -0.39 is 0 Å². The number of guanidine groups is 1. The fourth-order valence-electron chi connectivity index (χ4n) is 1.33. The van der Waals surface area contributed by atoms with Crippen molar-refractivity contribution in [3.63, 3.8) is 0 Å².